The van der Waals surface area contributed by atoms with E-state index in [1.54, 1.807) is 23.6 Å². The zero-order valence-electron chi connectivity index (χ0n) is 18.4. The molecule has 0 saturated heterocycles. The van der Waals surface area contributed by atoms with E-state index < -0.39 is 32.9 Å². The van der Waals surface area contributed by atoms with Gasteiger partial charge in [0.2, 0.25) is 0 Å². The van der Waals surface area contributed by atoms with Crippen molar-refractivity contribution in [2.75, 3.05) is 25.3 Å². The lowest BCUT2D eigenvalue weighted by Crippen LogP contribution is -2.38. The van der Waals surface area contributed by atoms with Gasteiger partial charge < -0.3 is 14.8 Å². The molecule has 1 aromatic carbocycles. The van der Waals surface area contributed by atoms with Crippen LogP contribution in [-0.2, 0) is 9.84 Å². The molecule has 1 aromatic heterocycles. The summed E-state index contributed by atoms with van der Waals surface area (Å²) >= 11 is 1.30. The molecule has 4 rings (SSSR count). The van der Waals surface area contributed by atoms with E-state index in [9.17, 15) is 18.0 Å². The Labute approximate surface area is 191 Å². The van der Waals surface area contributed by atoms with Crippen molar-refractivity contribution in [1.82, 2.24) is 4.90 Å². The third-order valence-corrected chi connectivity index (χ3v) is 8.80. The number of benzene rings is 1. The number of amides is 2. The summed E-state index contributed by atoms with van der Waals surface area (Å²) in [5.41, 5.74) is 1.11. The topological polar surface area (TPSA) is 102 Å². The highest BCUT2D eigenvalue weighted by atomic mass is 32.2. The predicted octanol–water partition coefficient (Wildman–Crippen LogP) is 3.50. The maximum Gasteiger partial charge on any atom is 0.265 e. The van der Waals surface area contributed by atoms with Crippen LogP contribution in [0.1, 0.15) is 59.0 Å². The highest BCUT2D eigenvalue weighted by Gasteiger charge is 2.47. The van der Waals surface area contributed by atoms with Crippen molar-refractivity contribution in [2.45, 2.75) is 44.0 Å². The number of thiophene rings is 1. The molecule has 1 aliphatic carbocycles. The van der Waals surface area contributed by atoms with Gasteiger partial charge in [-0.3, -0.25) is 14.5 Å². The molecule has 1 aliphatic heterocycles. The summed E-state index contributed by atoms with van der Waals surface area (Å²) in [5.74, 6) is -0.426. The van der Waals surface area contributed by atoms with Gasteiger partial charge >= 0.3 is 0 Å². The Morgan fingerprint density at radius 2 is 1.81 bits per heavy atom. The highest BCUT2D eigenvalue weighted by molar-refractivity contribution is 7.92. The molecule has 1 fully saturated rings. The Morgan fingerprint density at radius 3 is 2.41 bits per heavy atom. The molecule has 2 aliphatic rings. The van der Waals surface area contributed by atoms with Crippen LogP contribution in [0.25, 0.3) is 0 Å². The van der Waals surface area contributed by atoms with Gasteiger partial charge in [-0.1, -0.05) is 6.07 Å². The number of hydrogen-bond acceptors (Lipinski definition) is 8. The maximum atomic E-state index is 13.5. The number of carbonyl (C=O) groups is 2. The van der Waals surface area contributed by atoms with Crippen molar-refractivity contribution in [3.63, 3.8) is 0 Å². The van der Waals surface area contributed by atoms with Gasteiger partial charge in [0, 0.05) is 11.4 Å². The summed E-state index contributed by atoms with van der Waals surface area (Å²) in [4.78, 5) is 27.8. The first-order valence-electron chi connectivity index (χ1n) is 10.4. The summed E-state index contributed by atoms with van der Waals surface area (Å²) in [6.07, 6.45) is 1.22. The van der Waals surface area contributed by atoms with Gasteiger partial charge in [-0.05, 0) is 44.4 Å². The van der Waals surface area contributed by atoms with Crippen LogP contribution < -0.4 is 14.8 Å². The van der Waals surface area contributed by atoms with E-state index in [-0.39, 0.29) is 11.8 Å². The minimum atomic E-state index is -3.48. The molecule has 2 heterocycles. The number of sulfone groups is 1. The molecule has 2 aromatic rings. The minimum absolute atomic E-state index is 0.0755. The average Bonchev–Trinajstić information content (AvgIpc) is 3.49. The van der Waals surface area contributed by atoms with Crippen LogP contribution >= 0.6 is 11.3 Å². The van der Waals surface area contributed by atoms with Gasteiger partial charge in [0.25, 0.3) is 11.8 Å². The summed E-state index contributed by atoms with van der Waals surface area (Å²) in [6, 6.07) is 4.06. The molecule has 0 radical (unpaired) electrons. The van der Waals surface area contributed by atoms with Crippen molar-refractivity contribution < 1.29 is 27.5 Å². The number of carbonyl (C=O) groups excluding carboxylic acids is 2. The molecular weight excluding hydrogens is 452 g/mol. The van der Waals surface area contributed by atoms with Crippen LogP contribution in [0.3, 0.4) is 0 Å². The van der Waals surface area contributed by atoms with Crippen LogP contribution in [0.5, 0.6) is 11.5 Å². The molecule has 0 bridgehead atoms. The normalized spacial score (nSPS) is 17.0. The van der Waals surface area contributed by atoms with Gasteiger partial charge in [-0.25, -0.2) is 8.42 Å². The number of imide groups is 1. The molecule has 10 heteroatoms. The van der Waals surface area contributed by atoms with Crippen molar-refractivity contribution in [2.24, 2.45) is 0 Å². The molecular formula is C22H26N2O6S2. The predicted molar refractivity (Wildman–Crippen MR) is 123 cm³/mol. The number of ether oxygens (including phenoxy) is 2. The summed E-state index contributed by atoms with van der Waals surface area (Å²) < 4.78 is 36.5. The van der Waals surface area contributed by atoms with Gasteiger partial charge in [0.15, 0.2) is 21.3 Å². The van der Waals surface area contributed by atoms with Crippen molar-refractivity contribution in [3.05, 3.63) is 40.3 Å². The van der Waals surface area contributed by atoms with E-state index in [1.165, 1.54) is 25.6 Å². The molecule has 172 valence electrons. The van der Waals surface area contributed by atoms with E-state index in [1.807, 2.05) is 13.8 Å². The van der Waals surface area contributed by atoms with Gasteiger partial charge in [-0.2, -0.15) is 0 Å². The zero-order chi connectivity index (χ0) is 23.2. The van der Waals surface area contributed by atoms with Gasteiger partial charge in [0.1, 0.15) is 5.00 Å². The third-order valence-electron chi connectivity index (χ3n) is 5.62. The van der Waals surface area contributed by atoms with Gasteiger partial charge in [-0.15, -0.1) is 11.3 Å². The summed E-state index contributed by atoms with van der Waals surface area (Å²) in [5, 5.41) is 5.07. The monoisotopic (exact) mass is 478 g/mol. The van der Waals surface area contributed by atoms with Crippen LogP contribution in [0.2, 0.25) is 0 Å². The SMILES string of the molecule is COc1ccc([C@H](CS(=O)(=O)C2CC2)N2C(=O)c3csc(NC(C)C)c3C2=O)cc1OC. The molecule has 1 atom stereocenters. The Hall–Kier alpha value is -2.59. The number of fused-ring (bicyclic) bond motifs is 1. The van der Waals surface area contributed by atoms with Crippen LogP contribution in [0.4, 0.5) is 5.00 Å². The summed E-state index contributed by atoms with van der Waals surface area (Å²) in [7, 11) is -0.507. The number of methoxy groups -OCH3 is 2. The van der Waals surface area contributed by atoms with Crippen molar-refractivity contribution in [3.8, 4) is 11.5 Å². The van der Waals surface area contributed by atoms with Gasteiger partial charge in [0.05, 0.1) is 42.4 Å². The molecule has 2 amide bonds. The lowest BCUT2D eigenvalue weighted by Gasteiger charge is -2.27. The molecule has 1 N–H and O–H groups in total. The lowest BCUT2D eigenvalue weighted by atomic mass is 10.1. The van der Waals surface area contributed by atoms with E-state index >= 15 is 0 Å². The number of nitrogens with zero attached hydrogens (tertiary/aromatic N) is 1. The zero-order valence-corrected chi connectivity index (χ0v) is 20.0. The minimum Gasteiger partial charge on any atom is -0.493 e. The number of hydrogen-bond donors (Lipinski definition) is 1. The molecule has 1 saturated carbocycles. The van der Waals surface area contributed by atoms with Crippen LogP contribution in [-0.4, -0.2) is 56.4 Å². The van der Waals surface area contributed by atoms with E-state index in [2.05, 4.69) is 5.32 Å². The second-order valence-electron chi connectivity index (χ2n) is 8.29. The third kappa shape index (κ3) is 3.97. The molecule has 0 unspecified atom stereocenters. The van der Waals surface area contributed by atoms with E-state index in [4.69, 9.17) is 9.47 Å². The lowest BCUT2D eigenvalue weighted by molar-refractivity contribution is 0.0597. The molecule has 0 spiro atoms. The van der Waals surface area contributed by atoms with Crippen molar-refractivity contribution in [1.29, 1.82) is 0 Å². The number of anilines is 1. The van der Waals surface area contributed by atoms with Crippen LogP contribution in [0.15, 0.2) is 23.6 Å². The Kier molecular flexibility index (Phi) is 5.93. The standard InChI is InChI=1S/C22H26N2O6S2/c1-12(2)23-20-19-15(10-31-20)21(25)24(22(19)26)16(11-32(27,28)14-6-7-14)13-5-8-17(29-3)18(9-13)30-4/h5,8-10,12,14,16,23H,6-7,11H2,1-4H3/t16-/m0/s1. The second kappa shape index (κ2) is 8.40. The summed E-state index contributed by atoms with van der Waals surface area (Å²) in [6.45, 7) is 3.89. The fourth-order valence-corrected chi connectivity index (χ4v) is 6.87. The highest BCUT2D eigenvalue weighted by Crippen LogP contribution is 2.42. The Balaban J connectivity index is 1.77. The first-order chi connectivity index (χ1) is 15.2. The number of nitrogens with one attached hydrogen (secondary N) is 1. The largest absolute Gasteiger partial charge is 0.493 e. The quantitative estimate of drug-likeness (QED) is 0.550. The van der Waals surface area contributed by atoms with Crippen molar-refractivity contribution >= 4 is 38.0 Å². The fraction of sp³-hybridized carbons (Fsp3) is 0.455. The molecule has 8 nitrogen and oxygen atoms in total. The fourth-order valence-electron chi connectivity index (χ4n) is 3.88. The first-order valence-corrected chi connectivity index (χ1v) is 13.0. The second-order valence-corrected chi connectivity index (χ2v) is 11.5. The Morgan fingerprint density at radius 1 is 1.12 bits per heavy atom. The van der Waals surface area contributed by atoms with Crippen LogP contribution in [0, 0.1) is 0 Å². The smallest absolute Gasteiger partial charge is 0.265 e. The molecule has 32 heavy (non-hydrogen) atoms. The van der Waals surface area contributed by atoms with E-state index in [0.29, 0.717) is 46.0 Å². The maximum absolute atomic E-state index is 13.5. The average molecular weight is 479 g/mol. The Bertz CT molecular complexity index is 1170. The van der Waals surface area contributed by atoms with E-state index in [0.717, 1.165) is 4.90 Å². The first kappa shape index (κ1) is 22.6. The number of rotatable bonds is 9.